The highest BCUT2D eigenvalue weighted by Crippen LogP contribution is 2.20. The van der Waals surface area contributed by atoms with E-state index in [1.165, 1.54) is 0 Å². The fourth-order valence-corrected chi connectivity index (χ4v) is 2.07. The highest BCUT2D eigenvalue weighted by Gasteiger charge is 2.07. The SMILES string of the molecule is Cc1ccc(C(=O)Nc2ccc(OCC#N)cc2)cc1Br. The van der Waals surface area contributed by atoms with Crippen molar-refractivity contribution in [3.63, 3.8) is 0 Å². The van der Waals surface area contributed by atoms with Crippen LogP contribution in [0.5, 0.6) is 5.75 Å². The van der Waals surface area contributed by atoms with Crippen molar-refractivity contribution in [2.45, 2.75) is 6.92 Å². The maximum Gasteiger partial charge on any atom is 0.255 e. The second-order valence-corrected chi connectivity index (χ2v) is 5.24. The van der Waals surface area contributed by atoms with Crippen LogP contribution >= 0.6 is 15.9 Å². The monoisotopic (exact) mass is 344 g/mol. The van der Waals surface area contributed by atoms with Crippen molar-refractivity contribution in [2.24, 2.45) is 0 Å². The lowest BCUT2D eigenvalue weighted by Crippen LogP contribution is -2.11. The van der Waals surface area contributed by atoms with Crippen molar-refractivity contribution in [3.8, 4) is 11.8 Å². The van der Waals surface area contributed by atoms with Crippen LogP contribution in [0.25, 0.3) is 0 Å². The summed E-state index contributed by atoms with van der Waals surface area (Å²) in [5, 5.41) is 11.2. The fraction of sp³-hybridized carbons (Fsp3) is 0.125. The quantitative estimate of drug-likeness (QED) is 0.914. The Morgan fingerprint density at radius 3 is 2.62 bits per heavy atom. The first-order chi connectivity index (χ1) is 10.1. The molecule has 5 heteroatoms. The molecular weight excluding hydrogens is 332 g/mol. The van der Waals surface area contributed by atoms with Gasteiger partial charge in [-0.15, -0.1) is 0 Å². The lowest BCUT2D eigenvalue weighted by molar-refractivity contribution is 0.102. The molecule has 21 heavy (non-hydrogen) atoms. The van der Waals surface area contributed by atoms with Gasteiger partial charge in [0.05, 0.1) is 0 Å². The minimum Gasteiger partial charge on any atom is -0.479 e. The largest absolute Gasteiger partial charge is 0.479 e. The molecule has 4 nitrogen and oxygen atoms in total. The number of nitriles is 1. The first-order valence-corrected chi connectivity index (χ1v) is 7.07. The molecule has 0 aliphatic heterocycles. The Morgan fingerprint density at radius 1 is 1.29 bits per heavy atom. The molecule has 0 heterocycles. The number of nitrogens with one attached hydrogen (secondary N) is 1. The Hall–Kier alpha value is -2.32. The van der Waals surface area contributed by atoms with Crippen molar-refractivity contribution in [1.29, 1.82) is 5.26 Å². The molecule has 0 aliphatic carbocycles. The number of hydrogen-bond acceptors (Lipinski definition) is 3. The average Bonchev–Trinajstić information content (AvgIpc) is 2.49. The molecule has 1 amide bonds. The van der Waals surface area contributed by atoms with Crippen molar-refractivity contribution in [3.05, 3.63) is 58.1 Å². The number of amides is 1. The number of anilines is 1. The first kappa shape index (κ1) is 15.1. The standard InChI is InChI=1S/C16H13BrN2O2/c1-11-2-3-12(10-15(11)17)16(20)19-13-4-6-14(7-5-13)21-9-8-18/h2-7,10H,9H2,1H3,(H,19,20). The van der Waals surface area contributed by atoms with Crippen LogP contribution < -0.4 is 10.1 Å². The number of carbonyl (C=O) groups excluding carboxylic acids is 1. The van der Waals surface area contributed by atoms with Gasteiger partial charge in [0.25, 0.3) is 5.91 Å². The number of rotatable bonds is 4. The third kappa shape index (κ3) is 4.07. The predicted molar refractivity (Wildman–Crippen MR) is 84.4 cm³/mol. The molecule has 0 unspecified atom stereocenters. The van der Waals surface area contributed by atoms with E-state index in [0.29, 0.717) is 17.0 Å². The van der Waals surface area contributed by atoms with Crippen LogP contribution in [0.4, 0.5) is 5.69 Å². The van der Waals surface area contributed by atoms with Crippen molar-refractivity contribution >= 4 is 27.5 Å². The van der Waals surface area contributed by atoms with Gasteiger partial charge in [-0.3, -0.25) is 4.79 Å². The van der Waals surface area contributed by atoms with E-state index in [0.717, 1.165) is 10.0 Å². The van der Waals surface area contributed by atoms with Gasteiger partial charge in [0.2, 0.25) is 0 Å². The van der Waals surface area contributed by atoms with Gasteiger partial charge in [0.15, 0.2) is 6.61 Å². The van der Waals surface area contributed by atoms with E-state index < -0.39 is 0 Å². The molecule has 0 atom stereocenters. The summed E-state index contributed by atoms with van der Waals surface area (Å²) in [4.78, 5) is 12.1. The maximum atomic E-state index is 12.1. The Morgan fingerprint density at radius 2 is 2.00 bits per heavy atom. The second-order valence-electron chi connectivity index (χ2n) is 4.39. The molecule has 0 fully saturated rings. The van der Waals surface area contributed by atoms with E-state index in [1.54, 1.807) is 36.4 Å². The number of ether oxygens (including phenoxy) is 1. The molecule has 0 bridgehead atoms. The molecule has 0 aliphatic rings. The molecule has 2 aromatic rings. The molecule has 0 radical (unpaired) electrons. The molecule has 1 N–H and O–H groups in total. The minimum atomic E-state index is -0.179. The van der Waals surface area contributed by atoms with Gasteiger partial charge in [0, 0.05) is 15.7 Å². The minimum absolute atomic E-state index is 0.00307. The van der Waals surface area contributed by atoms with Gasteiger partial charge in [-0.05, 0) is 48.9 Å². The Kier molecular flexibility index (Phi) is 4.96. The normalized spacial score (nSPS) is 9.76. The molecular formula is C16H13BrN2O2. The van der Waals surface area contributed by atoms with E-state index in [1.807, 2.05) is 19.1 Å². The molecule has 2 rings (SSSR count). The van der Waals surface area contributed by atoms with Gasteiger partial charge in [0.1, 0.15) is 11.8 Å². The summed E-state index contributed by atoms with van der Waals surface area (Å²) < 4.78 is 6.05. The highest BCUT2D eigenvalue weighted by atomic mass is 79.9. The summed E-state index contributed by atoms with van der Waals surface area (Å²) in [5.74, 6) is 0.411. The first-order valence-electron chi connectivity index (χ1n) is 6.27. The van der Waals surface area contributed by atoms with Gasteiger partial charge in [-0.2, -0.15) is 5.26 Å². The van der Waals surface area contributed by atoms with Crippen molar-refractivity contribution in [2.75, 3.05) is 11.9 Å². The zero-order valence-corrected chi connectivity index (χ0v) is 13.0. The van der Waals surface area contributed by atoms with E-state index >= 15 is 0 Å². The number of benzene rings is 2. The summed E-state index contributed by atoms with van der Waals surface area (Å²) in [6.45, 7) is 1.97. The lowest BCUT2D eigenvalue weighted by atomic mass is 10.1. The topological polar surface area (TPSA) is 62.1 Å². The highest BCUT2D eigenvalue weighted by molar-refractivity contribution is 9.10. The molecule has 0 aromatic heterocycles. The van der Waals surface area contributed by atoms with Crippen LogP contribution in [0.15, 0.2) is 46.9 Å². The smallest absolute Gasteiger partial charge is 0.255 e. The lowest BCUT2D eigenvalue weighted by Gasteiger charge is -2.08. The zero-order chi connectivity index (χ0) is 15.2. The number of hydrogen-bond donors (Lipinski definition) is 1. The van der Waals surface area contributed by atoms with Gasteiger partial charge < -0.3 is 10.1 Å². The molecule has 2 aromatic carbocycles. The Balaban J connectivity index is 2.05. The predicted octanol–water partition coefficient (Wildman–Crippen LogP) is 3.91. The molecule has 0 saturated heterocycles. The van der Waals surface area contributed by atoms with E-state index in [9.17, 15) is 4.79 Å². The summed E-state index contributed by atoms with van der Waals surface area (Å²) in [7, 11) is 0. The maximum absolute atomic E-state index is 12.1. The van der Waals surface area contributed by atoms with E-state index in [2.05, 4.69) is 21.2 Å². The summed E-state index contributed by atoms with van der Waals surface area (Å²) in [6.07, 6.45) is 0. The van der Waals surface area contributed by atoms with Crippen molar-refractivity contribution < 1.29 is 9.53 Å². The van der Waals surface area contributed by atoms with Crippen LogP contribution in [0.2, 0.25) is 0 Å². The fourth-order valence-electron chi connectivity index (χ4n) is 1.69. The van der Waals surface area contributed by atoms with E-state index in [-0.39, 0.29) is 12.5 Å². The summed E-state index contributed by atoms with van der Waals surface area (Å²) in [6, 6.07) is 14.2. The van der Waals surface area contributed by atoms with Crippen molar-refractivity contribution in [1.82, 2.24) is 0 Å². The number of nitrogens with zero attached hydrogens (tertiary/aromatic N) is 1. The molecule has 106 valence electrons. The average molecular weight is 345 g/mol. The third-order valence-electron chi connectivity index (χ3n) is 2.85. The summed E-state index contributed by atoms with van der Waals surface area (Å²) in [5.41, 5.74) is 2.32. The van der Waals surface area contributed by atoms with Crippen LogP contribution in [-0.4, -0.2) is 12.5 Å². The van der Waals surface area contributed by atoms with Crippen LogP contribution in [0, 0.1) is 18.3 Å². The third-order valence-corrected chi connectivity index (χ3v) is 3.70. The number of aryl methyl sites for hydroxylation is 1. The van der Waals surface area contributed by atoms with Crippen LogP contribution in [0.3, 0.4) is 0 Å². The van der Waals surface area contributed by atoms with Gasteiger partial charge in [-0.25, -0.2) is 0 Å². The Labute approximate surface area is 131 Å². The van der Waals surface area contributed by atoms with Gasteiger partial charge >= 0.3 is 0 Å². The second kappa shape index (κ2) is 6.91. The van der Waals surface area contributed by atoms with Crippen LogP contribution in [-0.2, 0) is 0 Å². The molecule has 0 saturated carbocycles. The number of carbonyl (C=O) groups is 1. The number of halogens is 1. The van der Waals surface area contributed by atoms with E-state index in [4.69, 9.17) is 10.00 Å². The summed E-state index contributed by atoms with van der Waals surface area (Å²) >= 11 is 3.41. The molecule has 0 spiro atoms. The van der Waals surface area contributed by atoms with Crippen LogP contribution in [0.1, 0.15) is 15.9 Å². The zero-order valence-electron chi connectivity index (χ0n) is 11.4. The Bertz CT molecular complexity index is 690. The van der Waals surface area contributed by atoms with Gasteiger partial charge in [-0.1, -0.05) is 22.0 Å².